The molecule has 0 unspecified atom stereocenters. The first kappa shape index (κ1) is 19.7. The van der Waals surface area contributed by atoms with Crippen molar-refractivity contribution in [2.75, 3.05) is 26.2 Å². The van der Waals surface area contributed by atoms with Gasteiger partial charge in [-0.15, -0.1) is 0 Å². The van der Waals surface area contributed by atoms with Crippen molar-refractivity contribution < 1.29 is 4.79 Å². The summed E-state index contributed by atoms with van der Waals surface area (Å²) >= 11 is 12.2. The lowest BCUT2D eigenvalue weighted by Crippen LogP contribution is -2.46. The van der Waals surface area contributed by atoms with E-state index in [1.807, 2.05) is 24.8 Å². The van der Waals surface area contributed by atoms with E-state index in [-0.39, 0.29) is 5.91 Å². The van der Waals surface area contributed by atoms with Crippen LogP contribution in [-0.4, -0.2) is 57.7 Å². The van der Waals surface area contributed by atoms with Crippen molar-refractivity contribution in [1.29, 1.82) is 0 Å². The summed E-state index contributed by atoms with van der Waals surface area (Å²) in [6.45, 7) is 7.89. The fourth-order valence-electron chi connectivity index (χ4n) is 4.52. The van der Waals surface area contributed by atoms with Gasteiger partial charge in [0.1, 0.15) is 0 Å². The third-order valence-corrected chi connectivity index (χ3v) is 6.80. The van der Waals surface area contributed by atoms with Crippen LogP contribution in [0.25, 0.3) is 5.69 Å². The fraction of sp³-hybridized carbons (Fsp3) is 0.524. The molecule has 3 heterocycles. The molecule has 28 heavy (non-hydrogen) atoms. The third-order valence-electron chi connectivity index (χ3n) is 6.06. The minimum Gasteiger partial charge on any atom is -0.338 e. The fourth-order valence-corrected chi connectivity index (χ4v) is 4.81. The number of nitrogens with zero attached hydrogens (tertiary/aromatic N) is 4. The first-order valence-corrected chi connectivity index (χ1v) is 10.8. The summed E-state index contributed by atoms with van der Waals surface area (Å²) in [6, 6.07) is 6.02. The number of hydrogen-bond donors (Lipinski definition) is 0. The monoisotopic (exact) mass is 420 g/mol. The zero-order chi connectivity index (χ0) is 19.8. The van der Waals surface area contributed by atoms with E-state index in [0.717, 1.165) is 43.0 Å². The molecule has 7 heteroatoms. The van der Waals surface area contributed by atoms with Crippen molar-refractivity contribution in [3.05, 3.63) is 45.2 Å². The maximum Gasteiger partial charge on any atom is 0.257 e. The number of piperidine rings is 1. The van der Waals surface area contributed by atoms with Gasteiger partial charge in [0.2, 0.25) is 0 Å². The van der Waals surface area contributed by atoms with Gasteiger partial charge in [-0.05, 0) is 70.8 Å². The van der Waals surface area contributed by atoms with Crippen molar-refractivity contribution in [1.82, 2.24) is 19.6 Å². The Bertz CT molecular complexity index is 881. The van der Waals surface area contributed by atoms with Gasteiger partial charge in [0, 0.05) is 19.1 Å². The zero-order valence-corrected chi connectivity index (χ0v) is 17.9. The van der Waals surface area contributed by atoms with E-state index in [0.29, 0.717) is 21.7 Å². The van der Waals surface area contributed by atoms with Crippen LogP contribution in [0.2, 0.25) is 10.0 Å². The molecule has 0 saturated carbocycles. The molecule has 0 bridgehead atoms. The summed E-state index contributed by atoms with van der Waals surface area (Å²) in [5, 5.41) is 5.58. The zero-order valence-electron chi connectivity index (χ0n) is 16.4. The number of carbonyl (C=O) groups is 1. The number of aryl methyl sites for hydroxylation is 1. The number of halogens is 2. The second-order valence-corrected chi connectivity index (χ2v) is 8.64. The highest BCUT2D eigenvalue weighted by atomic mass is 35.5. The second kappa shape index (κ2) is 8.05. The molecule has 2 fully saturated rings. The van der Waals surface area contributed by atoms with Gasteiger partial charge in [-0.2, -0.15) is 5.10 Å². The van der Waals surface area contributed by atoms with Crippen molar-refractivity contribution in [2.45, 2.75) is 45.6 Å². The van der Waals surface area contributed by atoms with E-state index in [4.69, 9.17) is 23.2 Å². The van der Waals surface area contributed by atoms with E-state index in [9.17, 15) is 4.79 Å². The van der Waals surface area contributed by atoms with Crippen LogP contribution in [0.4, 0.5) is 0 Å². The molecular weight excluding hydrogens is 395 g/mol. The smallest absolute Gasteiger partial charge is 0.257 e. The lowest BCUT2D eigenvalue weighted by molar-refractivity contribution is 0.0643. The average Bonchev–Trinajstić information content (AvgIpc) is 3.32. The quantitative estimate of drug-likeness (QED) is 0.733. The number of hydrogen-bond acceptors (Lipinski definition) is 3. The maximum absolute atomic E-state index is 13.2. The molecule has 5 nitrogen and oxygen atoms in total. The first-order chi connectivity index (χ1) is 13.5. The largest absolute Gasteiger partial charge is 0.338 e. The summed E-state index contributed by atoms with van der Waals surface area (Å²) in [5.74, 6) is 0.0844. The molecule has 150 valence electrons. The van der Waals surface area contributed by atoms with Gasteiger partial charge in [0.25, 0.3) is 5.91 Å². The van der Waals surface area contributed by atoms with Crippen LogP contribution in [0, 0.1) is 13.8 Å². The molecule has 2 aromatic rings. The van der Waals surface area contributed by atoms with Gasteiger partial charge in [-0.1, -0.05) is 23.2 Å². The third kappa shape index (κ3) is 3.68. The summed E-state index contributed by atoms with van der Waals surface area (Å²) in [5.41, 5.74) is 3.09. The number of likely N-dealkylation sites (tertiary alicyclic amines) is 2. The summed E-state index contributed by atoms with van der Waals surface area (Å²) in [6.07, 6.45) is 4.74. The van der Waals surface area contributed by atoms with Crippen molar-refractivity contribution >= 4 is 29.1 Å². The SMILES string of the molecule is Cc1nn(-c2ccc(Cl)c(Cl)c2)c(C)c1C(=O)N1CCC(N2CCCC2)CC1. The van der Waals surface area contributed by atoms with Crippen LogP contribution in [0.1, 0.15) is 47.4 Å². The molecule has 0 atom stereocenters. The topological polar surface area (TPSA) is 41.4 Å². The van der Waals surface area contributed by atoms with E-state index in [1.165, 1.54) is 25.9 Å². The summed E-state index contributed by atoms with van der Waals surface area (Å²) in [4.78, 5) is 17.8. The lowest BCUT2D eigenvalue weighted by atomic mass is 10.0. The minimum atomic E-state index is 0.0844. The Morgan fingerprint density at radius 1 is 1.04 bits per heavy atom. The Kier molecular flexibility index (Phi) is 5.68. The molecule has 0 N–H and O–H groups in total. The Hall–Kier alpha value is -1.56. The molecule has 0 aliphatic carbocycles. The van der Waals surface area contributed by atoms with Crippen molar-refractivity contribution in [3.8, 4) is 5.69 Å². The van der Waals surface area contributed by atoms with E-state index < -0.39 is 0 Å². The molecule has 4 rings (SSSR count). The van der Waals surface area contributed by atoms with Gasteiger partial charge in [0.15, 0.2) is 0 Å². The number of amides is 1. The van der Waals surface area contributed by atoms with Crippen LogP contribution in [0.3, 0.4) is 0 Å². The highest BCUT2D eigenvalue weighted by Crippen LogP contribution is 2.28. The summed E-state index contributed by atoms with van der Waals surface area (Å²) < 4.78 is 1.78. The van der Waals surface area contributed by atoms with Crippen LogP contribution in [-0.2, 0) is 0 Å². The van der Waals surface area contributed by atoms with Crippen LogP contribution < -0.4 is 0 Å². The van der Waals surface area contributed by atoms with Gasteiger partial charge >= 0.3 is 0 Å². The predicted molar refractivity (Wildman–Crippen MR) is 113 cm³/mol. The molecule has 0 spiro atoms. The van der Waals surface area contributed by atoms with Gasteiger partial charge < -0.3 is 9.80 Å². The van der Waals surface area contributed by atoms with Crippen molar-refractivity contribution in [2.24, 2.45) is 0 Å². The van der Waals surface area contributed by atoms with Crippen LogP contribution in [0.15, 0.2) is 18.2 Å². The predicted octanol–water partition coefficient (Wildman–Crippen LogP) is 4.50. The molecule has 2 aliphatic heterocycles. The van der Waals surface area contributed by atoms with Gasteiger partial charge in [0.05, 0.1) is 32.7 Å². The molecule has 2 saturated heterocycles. The Morgan fingerprint density at radius 2 is 1.71 bits per heavy atom. The van der Waals surface area contributed by atoms with E-state index >= 15 is 0 Å². The van der Waals surface area contributed by atoms with Gasteiger partial charge in [-0.3, -0.25) is 4.79 Å². The highest BCUT2D eigenvalue weighted by Gasteiger charge is 2.31. The van der Waals surface area contributed by atoms with Crippen molar-refractivity contribution in [3.63, 3.8) is 0 Å². The molecule has 1 aromatic carbocycles. The number of carbonyl (C=O) groups excluding carboxylic acids is 1. The lowest BCUT2D eigenvalue weighted by Gasteiger charge is -2.36. The van der Waals surface area contributed by atoms with Crippen LogP contribution in [0.5, 0.6) is 0 Å². The second-order valence-electron chi connectivity index (χ2n) is 7.82. The molecule has 2 aliphatic rings. The van der Waals surface area contributed by atoms with Gasteiger partial charge in [-0.25, -0.2) is 4.68 Å². The number of benzene rings is 1. The number of aromatic nitrogens is 2. The van der Waals surface area contributed by atoms with E-state index in [2.05, 4.69) is 10.00 Å². The molecule has 0 radical (unpaired) electrons. The standard InChI is InChI=1S/C21H26Cl2N4O/c1-14-20(15(2)27(24-14)17-5-6-18(22)19(23)13-17)21(28)26-11-7-16(8-12-26)25-9-3-4-10-25/h5-6,13,16H,3-4,7-12H2,1-2H3. The Balaban J connectivity index is 1.52. The Labute approximate surface area is 176 Å². The normalized spacial score (nSPS) is 18.8. The molecule has 1 aromatic heterocycles. The molecule has 1 amide bonds. The van der Waals surface area contributed by atoms with Crippen LogP contribution >= 0.6 is 23.2 Å². The highest BCUT2D eigenvalue weighted by molar-refractivity contribution is 6.42. The maximum atomic E-state index is 13.2. The first-order valence-electron chi connectivity index (χ1n) is 10.0. The van der Waals surface area contributed by atoms with E-state index in [1.54, 1.807) is 16.8 Å². The Morgan fingerprint density at radius 3 is 2.36 bits per heavy atom. The average molecular weight is 421 g/mol. The number of rotatable bonds is 3. The minimum absolute atomic E-state index is 0.0844. The molecular formula is C21H26Cl2N4O. The summed E-state index contributed by atoms with van der Waals surface area (Å²) in [7, 11) is 0.